The fourth-order valence-electron chi connectivity index (χ4n) is 2.82. The molecule has 3 rings (SSSR count). The summed E-state index contributed by atoms with van der Waals surface area (Å²) in [6.45, 7) is 9.61. The van der Waals surface area contributed by atoms with Crippen molar-refractivity contribution >= 4 is 39.2 Å². The molecule has 1 aliphatic rings. The molecule has 0 aromatic carbocycles. The number of hydrogen-bond acceptors (Lipinski definition) is 6. The van der Waals surface area contributed by atoms with Crippen LogP contribution < -0.4 is 10.9 Å². The van der Waals surface area contributed by atoms with Gasteiger partial charge in [0.2, 0.25) is 5.91 Å². The van der Waals surface area contributed by atoms with Gasteiger partial charge in [0.25, 0.3) is 5.56 Å². The van der Waals surface area contributed by atoms with Crippen LogP contribution in [0.4, 0.5) is 0 Å². The van der Waals surface area contributed by atoms with E-state index in [4.69, 9.17) is 9.72 Å². The van der Waals surface area contributed by atoms with E-state index in [1.807, 2.05) is 27.7 Å². The van der Waals surface area contributed by atoms with Crippen molar-refractivity contribution in [3.05, 3.63) is 20.8 Å². The number of thiophene rings is 1. The third kappa shape index (κ3) is 4.73. The number of nitrogens with zero attached hydrogens (tertiary/aromatic N) is 2. The van der Waals surface area contributed by atoms with Gasteiger partial charge in [-0.15, -0.1) is 11.3 Å². The molecule has 0 radical (unpaired) electrons. The Hall–Kier alpha value is -1.38. The average Bonchev–Trinajstić information content (AvgIpc) is 3.39. The lowest BCUT2D eigenvalue weighted by molar-refractivity contribution is -0.120. The highest BCUT2D eigenvalue weighted by atomic mass is 32.2. The Morgan fingerprint density at radius 2 is 2.19 bits per heavy atom. The molecule has 0 unspecified atom stereocenters. The summed E-state index contributed by atoms with van der Waals surface area (Å²) in [6.07, 6.45) is 2.85. The van der Waals surface area contributed by atoms with Crippen molar-refractivity contribution in [2.24, 2.45) is 0 Å². The van der Waals surface area contributed by atoms with Crippen LogP contribution in [0, 0.1) is 13.8 Å². The lowest BCUT2D eigenvalue weighted by Crippen LogP contribution is -2.33. The van der Waals surface area contributed by atoms with Crippen molar-refractivity contribution in [3.8, 4) is 0 Å². The monoisotopic (exact) mass is 409 g/mol. The molecule has 8 heteroatoms. The van der Waals surface area contributed by atoms with Gasteiger partial charge in [0.15, 0.2) is 5.16 Å². The van der Waals surface area contributed by atoms with E-state index in [9.17, 15) is 9.59 Å². The van der Waals surface area contributed by atoms with Crippen LogP contribution in [0.1, 0.15) is 43.6 Å². The second-order valence-corrected chi connectivity index (χ2v) is 9.42. The van der Waals surface area contributed by atoms with Gasteiger partial charge in [-0.3, -0.25) is 14.2 Å². The van der Waals surface area contributed by atoms with Crippen molar-refractivity contribution in [3.63, 3.8) is 0 Å². The topological polar surface area (TPSA) is 73.2 Å². The van der Waals surface area contributed by atoms with Crippen molar-refractivity contribution in [1.29, 1.82) is 0 Å². The SMILES string of the molecule is CCOCCCn1c(S[C@H](C)C(=O)NC2CC2)nc2sc(C)c(C)c2c1=O. The first kappa shape index (κ1) is 20.4. The average molecular weight is 410 g/mol. The second kappa shape index (κ2) is 8.75. The second-order valence-electron chi connectivity index (χ2n) is 6.91. The molecule has 1 amide bonds. The number of ether oxygens (including phenoxy) is 1. The lowest BCUT2D eigenvalue weighted by Gasteiger charge is -2.15. The fraction of sp³-hybridized carbons (Fsp3) is 0.632. The molecule has 0 bridgehead atoms. The number of fused-ring (bicyclic) bond motifs is 1. The summed E-state index contributed by atoms with van der Waals surface area (Å²) in [5.41, 5.74) is 0.984. The van der Waals surface area contributed by atoms with Crippen LogP contribution in [-0.2, 0) is 16.1 Å². The maximum absolute atomic E-state index is 13.2. The fourth-order valence-corrected chi connectivity index (χ4v) is 4.84. The molecule has 2 heterocycles. The minimum absolute atomic E-state index is 0.0104. The van der Waals surface area contributed by atoms with Crippen LogP contribution >= 0.6 is 23.1 Å². The van der Waals surface area contributed by atoms with Gasteiger partial charge in [-0.2, -0.15) is 0 Å². The quantitative estimate of drug-likeness (QED) is 0.391. The smallest absolute Gasteiger partial charge is 0.263 e. The molecule has 27 heavy (non-hydrogen) atoms. The molecule has 1 fully saturated rings. The number of aryl methyl sites for hydroxylation is 2. The van der Waals surface area contributed by atoms with E-state index in [0.29, 0.717) is 36.3 Å². The standard InChI is InChI=1S/C19H27N3O3S2/c1-5-25-10-6-9-22-18(24)15-11(2)12(3)26-17(15)21-19(22)27-13(4)16(23)20-14-7-8-14/h13-14H,5-10H2,1-4H3,(H,20,23)/t13-/m1/s1. The summed E-state index contributed by atoms with van der Waals surface area (Å²) in [7, 11) is 0. The van der Waals surface area contributed by atoms with Gasteiger partial charge in [0, 0.05) is 30.7 Å². The van der Waals surface area contributed by atoms with Gasteiger partial charge in [-0.25, -0.2) is 4.98 Å². The largest absolute Gasteiger partial charge is 0.382 e. The number of hydrogen-bond donors (Lipinski definition) is 1. The molecule has 2 aromatic rings. The molecule has 0 saturated heterocycles. The van der Waals surface area contributed by atoms with E-state index < -0.39 is 0 Å². The van der Waals surface area contributed by atoms with Gasteiger partial charge >= 0.3 is 0 Å². The molecule has 6 nitrogen and oxygen atoms in total. The van der Waals surface area contributed by atoms with Gasteiger partial charge in [-0.05, 0) is 52.5 Å². The van der Waals surface area contributed by atoms with Crippen molar-refractivity contribution in [2.75, 3.05) is 13.2 Å². The van der Waals surface area contributed by atoms with Crippen LogP contribution in [0.3, 0.4) is 0 Å². The van der Waals surface area contributed by atoms with E-state index in [1.54, 1.807) is 15.9 Å². The first-order valence-electron chi connectivity index (χ1n) is 9.47. The number of aromatic nitrogens is 2. The van der Waals surface area contributed by atoms with E-state index >= 15 is 0 Å². The highest BCUT2D eigenvalue weighted by Gasteiger charge is 2.27. The molecule has 1 atom stereocenters. The minimum atomic E-state index is -0.296. The summed E-state index contributed by atoms with van der Waals surface area (Å²) >= 11 is 2.90. The predicted octanol–water partition coefficient (Wildman–Crippen LogP) is 3.26. The Bertz CT molecular complexity index is 886. The lowest BCUT2D eigenvalue weighted by atomic mass is 10.2. The zero-order valence-electron chi connectivity index (χ0n) is 16.3. The van der Waals surface area contributed by atoms with E-state index in [1.165, 1.54) is 11.8 Å². The highest BCUT2D eigenvalue weighted by molar-refractivity contribution is 8.00. The number of carbonyl (C=O) groups is 1. The third-order valence-electron chi connectivity index (χ3n) is 4.70. The Balaban J connectivity index is 1.90. The Kier molecular flexibility index (Phi) is 6.60. The normalized spacial score (nSPS) is 15.3. The summed E-state index contributed by atoms with van der Waals surface area (Å²) in [5, 5.41) is 4.05. The van der Waals surface area contributed by atoms with Gasteiger partial charge in [-0.1, -0.05) is 11.8 Å². The van der Waals surface area contributed by atoms with E-state index in [0.717, 1.165) is 34.5 Å². The predicted molar refractivity (Wildman–Crippen MR) is 111 cm³/mol. The van der Waals surface area contributed by atoms with Crippen molar-refractivity contribution in [1.82, 2.24) is 14.9 Å². The molecule has 1 saturated carbocycles. The Morgan fingerprint density at radius 1 is 1.44 bits per heavy atom. The summed E-state index contributed by atoms with van der Waals surface area (Å²) in [5.74, 6) is 0.0104. The van der Waals surface area contributed by atoms with Crippen LogP contribution in [0.15, 0.2) is 9.95 Å². The van der Waals surface area contributed by atoms with Crippen LogP contribution in [0.25, 0.3) is 10.2 Å². The maximum atomic E-state index is 13.2. The maximum Gasteiger partial charge on any atom is 0.263 e. The van der Waals surface area contributed by atoms with E-state index in [2.05, 4.69) is 5.32 Å². The first-order chi connectivity index (χ1) is 12.9. The third-order valence-corrected chi connectivity index (χ3v) is 6.89. The summed E-state index contributed by atoms with van der Waals surface area (Å²) < 4.78 is 7.13. The van der Waals surface area contributed by atoms with Crippen molar-refractivity contribution in [2.45, 2.75) is 70.0 Å². The van der Waals surface area contributed by atoms with Crippen LogP contribution in [0.2, 0.25) is 0 Å². The van der Waals surface area contributed by atoms with Gasteiger partial charge in [0.05, 0.1) is 10.6 Å². The molecule has 1 aliphatic carbocycles. The Labute approximate surface area is 167 Å². The summed E-state index contributed by atoms with van der Waals surface area (Å²) in [4.78, 5) is 32.1. The molecule has 0 aliphatic heterocycles. The number of carbonyl (C=O) groups excluding carboxylic acids is 1. The zero-order valence-corrected chi connectivity index (χ0v) is 18.0. The number of thioether (sulfide) groups is 1. The van der Waals surface area contributed by atoms with E-state index in [-0.39, 0.29) is 16.7 Å². The van der Waals surface area contributed by atoms with Gasteiger partial charge < -0.3 is 10.1 Å². The number of rotatable bonds is 9. The highest BCUT2D eigenvalue weighted by Crippen LogP contribution is 2.30. The Morgan fingerprint density at radius 3 is 2.85 bits per heavy atom. The molecule has 0 spiro atoms. The molecular weight excluding hydrogens is 382 g/mol. The molecule has 1 N–H and O–H groups in total. The number of amides is 1. The first-order valence-corrected chi connectivity index (χ1v) is 11.2. The van der Waals surface area contributed by atoms with Crippen molar-refractivity contribution < 1.29 is 9.53 Å². The molecule has 2 aromatic heterocycles. The van der Waals surface area contributed by atoms with Gasteiger partial charge in [0.1, 0.15) is 4.83 Å². The van der Waals surface area contributed by atoms with Crippen LogP contribution in [-0.4, -0.2) is 40.0 Å². The molecular formula is C19H27N3O3S2. The molecule has 148 valence electrons. The number of nitrogens with one attached hydrogen (secondary N) is 1. The zero-order chi connectivity index (χ0) is 19.6. The van der Waals surface area contributed by atoms with Crippen LogP contribution in [0.5, 0.6) is 0 Å². The minimum Gasteiger partial charge on any atom is -0.382 e. The summed E-state index contributed by atoms with van der Waals surface area (Å²) in [6, 6.07) is 0.326.